The largest absolute Gasteiger partial charge is 0.319 e. The van der Waals surface area contributed by atoms with Crippen molar-refractivity contribution in [1.29, 1.82) is 0 Å². The maximum atomic E-state index is 11.6. The van der Waals surface area contributed by atoms with E-state index in [-0.39, 0.29) is 5.91 Å². The van der Waals surface area contributed by atoms with Gasteiger partial charge in [0, 0.05) is 11.6 Å². The Kier molecular flexibility index (Phi) is 2.64. The molecule has 0 aliphatic carbocycles. The summed E-state index contributed by atoms with van der Waals surface area (Å²) in [6.07, 6.45) is 3.18. The van der Waals surface area contributed by atoms with Crippen LogP contribution in [0.1, 0.15) is 10.4 Å². The van der Waals surface area contributed by atoms with Crippen molar-refractivity contribution in [1.82, 2.24) is 10.2 Å². The lowest BCUT2D eigenvalue weighted by atomic mass is 10.3. The normalized spacial score (nSPS) is 10.1. The number of nitrogens with zero attached hydrogens (tertiary/aromatic N) is 1. The molecular weight excluding hydrogens is 266 g/mol. The number of aromatic nitrogens is 2. The highest BCUT2D eigenvalue weighted by molar-refractivity contribution is 9.11. The first kappa shape index (κ1) is 9.42. The first-order chi connectivity index (χ1) is 6.75. The molecule has 0 fully saturated rings. The van der Waals surface area contributed by atoms with E-state index in [1.54, 1.807) is 23.8 Å². The maximum Gasteiger partial charge on any atom is 0.256 e. The summed E-state index contributed by atoms with van der Waals surface area (Å²) in [4.78, 5) is 11.6. The highest BCUT2D eigenvalue weighted by Crippen LogP contribution is 2.21. The summed E-state index contributed by atoms with van der Waals surface area (Å²) in [5, 5.41) is 10.8. The molecule has 2 rings (SSSR count). The molecule has 0 atom stereocenters. The molecule has 0 saturated carbocycles. The molecule has 1 amide bonds. The highest BCUT2D eigenvalue weighted by atomic mass is 79.9. The molecule has 0 saturated heterocycles. The van der Waals surface area contributed by atoms with Gasteiger partial charge in [-0.2, -0.15) is 5.10 Å². The summed E-state index contributed by atoms with van der Waals surface area (Å²) in [6.45, 7) is 0. The molecule has 72 valence electrons. The van der Waals surface area contributed by atoms with Crippen molar-refractivity contribution in [2.75, 3.05) is 5.32 Å². The number of carbonyl (C=O) groups is 1. The van der Waals surface area contributed by atoms with E-state index < -0.39 is 0 Å². The van der Waals surface area contributed by atoms with Crippen LogP contribution < -0.4 is 5.32 Å². The van der Waals surface area contributed by atoms with Gasteiger partial charge in [0.2, 0.25) is 0 Å². The van der Waals surface area contributed by atoms with E-state index in [4.69, 9.17) is 0 Å². The molecule has 0 bridgehead atoms. The molecule has 4 nitrogen and oxygen atoms in total. The average molecular weight is 272 g/mol. The van der Waals surface area contributed by atoms with Crippen LogP contribution in [-0.4, -0.2) is 16.1 Å². The van der Waals surface area contributed by atoms with Crippen molar-refractivity contribution in [2.45, 2.75) is 0 Å². The molecule has 14 heavy (non-hydrogen) atoms. The van der Waals surface area contributed by atoms with Gasteiger partial charge in [0.1, 0.15) is 0 Å². The molecule has 0 radical (unpaired) electrons. The topological polar surface area (TPSA) is 57.8 Å². The SMILES string of the molecule is O=C(Nc1cn[nH]c1)c1csc(Br)c1. The summed E-state index contributed by atoms with van der Waals surface area (Å²) < 4.78 is 0.940. The Morgan fingerprint density at radius 2 is 2.50 bits per heavy atom. The number of amides is 1. The van der Waals surface area contributed by atoms with Gasteiger partial charge in [0.25, 0.3) is 5.91 Å². The smallest absolute Gasteiger partial charge is 0.256 e. The summed E-state index contributed by atoms with van der Waals surface area (Å²) in [6, 6.07) is 1.78. The minimum Gasteiger partial charge on any atom is -0.319 e. The Morgan fingerprint density at radius 1 is 1.64 bits per heavy atom. The first-order valence-corrected chi connectivity index (χ1v) is 5.47. The zero-order chi connectivity index (χ0) is 9.97. The minimum atomic E-state index is -0.131. The highest BCUT2D eigenvalue weighted by Gasteiger charge is 2.08. The average Bonchev–Trinajstić information content (AvgIpc) is 2.75. The lowest BCUT2D eigenvalue weighted by Crippen LogP contribution is -2.09. The molecule has 2 N–H and O–H groups in total. The number of thiophene rings is 1. The van der Waals surface area contributed by atoms with Crippen LogP contribution >= 0.6 is 27.3 Å². The first-order valence-electron chi connectivity index (χ1n) is 3.80. The van der Waals surface area contributed by atoms with Crippen LogP contribution in [0.2, 0.25) is 0 Å². The van der Waals surface area contributed by atoms with Crippen LogP contribution in [0, 0.1) is 0 Å². The number of carbonyl (C=O) groups excluding carboxylic acids is 1. The number of hydrogen-bond donors (Lipinski definition) is 2. The molecule has 0 aliphatic rings. The van der Waals surface area contributed by atoms with Crippen LogP contribution in [0.3, 0.4) is 0 Å². The number of anilines is 1. The molecule has 0 aromatic carbocycles. The third-order valence-corrected chi connectivity index (χ3v) is 3.09. The van der Waals surface area contributed by atoms with Crippen LogP contribution in [-0.2, 0) is 0 Å². The third-order valence-electron chi connectivity index (χ3n) is 1.59. The standard InChI is InChI=1S/C8H6BrN3OS/c9-7-1-5(4-14-7)8(13)12-6-2-10-11-3-6/h1-4H,(H,10,11)(H,12,13). The summed E-state index contributed by atoms with van der Waals surface area (Å²) in [7, 11) is 0. The van der Waals surface area contributed by atoms with E-state index in [1.165, 1.54) is 11.3 Å². The van der Waals surface area contributed by atoms with Crippen molar-refractivity contribution in [3.63, 3.8) is 0 Å². The molecule has 0 aliphatic heterocycles. The molecule has 2 aromatic rings. The summed E-state index contributed by atoms with van der Waals surface area (Å²) >= 11 is 4.78. The Bertz CT molecular complexity index is 437. The zero-order valence-electron chi connectivity index (χ0n) is 6.95. The van der Waals surface area contributed by atoms with Gasteiger partial charge in [-0.1, -0.05) is 0 Å². The maximum absolute atomic E-state index is 11.6. The Morgan fingerprint density at radius 3 is 3.07 bits per heavy atom. The molecule has 2 aromatic heterocycles. The fraction of sp³-hybridized carbons (Fsp3) is 0. The van der Waals surface area contributed by atoms with E-state index in [1.807, 2.05) is 0 Å². The number of hydrogen-bond acceptors (Lipinski definition) is 3. The predicted octanol–water partition coefficient (Wildman–Crippen LogP) is 2.49. The van der Waals surface area contributed by atoms with E-state index in [2.05, 4.69) is 31.4 Å². The van der Waals surface area contributed by atoms with Crippen molar-refractivity contribution >= 4 is 38.9 Å². The second kappa shape index (κ2) is 3.93. The summed E-state index contributed by atoms with van der Waals surface area (Å²) in [5.74, 6) is -0.131. The second-order valence-corrected chi connectivity index (χ2v) is 4.87. The van der Waals surface area contributed by atoms with Crippen molar-refractivity contribution < 1.29 is 4.79 Å². The molecule has 2 heterocycles. The van der Waals surface area contributed by atoms with Gasteiger partial charge in [0.05, 0.1) is 21.2 Å². The lowest BCUT2D eigenvalue weighted by Gasteiger charge is -1.97. The Hall–Kier alpha value is -1.14. The van der Waals surface area contributed by atoms with Crippen LogP contribution in [0.5, 0.6) is 0 Å². The van der Waals surface area contributed by atoms with E-state index >= 15 is 0 Å². The predicted molar refractivity (Wildman–Crippen MR) is 58.6 cm³/mol. The Labute approximate surface area is 92.5 Å². The van der Waals surface area contributed by atoms with Gasteiger partial charge in [-0.05, 0) is 22.0 Å². The quantitative estimate of drug-likeness (QED) is 0.882. The number of aromatic amines is 1. The van der Waals surface area contributed by atoms with Gasteiger partial charge in [-0.3, -0.25) is 9.89 Å². The molecular formula is C8H6BrN3OS. The number of rotatable bonds is 2. The number of halogens is 1. The van der Waals surface area contributed by atoms with E-state index in [9.17, 15) is 4.79 Å². The second-order valence-electron chi connectivity index (χ2n) is 2.58. The molecule has 0 unspecified atom stereocenters. The minimum absolute atomic E-state index is 0.131. The van der Waals surface area contributed by atoms with Crippen molar-refractivity contribution in [3.05, 3.63) is 33.2 Å². The van der Waals surface area contributed by atoms with Crippen LogP contribution in [0.25, 0.3) is 0 Å². The zero-order valence-corrected chi connectivity index (χ0v) is 9.35. The molecule has 6 heteroatoms. The van der Waals surface area contributed by atoms with Crippen LogP contribution in [0.15, 0.2) is 27.6 Å². The van der Waals surface area contributed by atoms with E-state index in [0.29, 0.717) is 11.3 Å². The number of H-pyrrole nitrogens is 1. The van der Waals surface area contributed by atoms with Crippen LogP contribution in [0.4, 0.5) is 5.69 Å². The Balaban J connectivity index is 2.10. The molecule has 0 spiro atoms. The van der Waals surface area contributed by atoms with Gasteiger partial charge >= 0.3 is 0 Å². The lowest BCUT2D eigenvalue weighted by molar-refractivity contribution is 0.102. The fourth-order valence-electron chi connectivity index (χ4n) is 0.952. The number of nitrogens with one attached hydrogen (secondary N) is 2. The van der Waals surface area contributed by atoms with Crippen molar-refractivity contribution in [3.8, 4) is 0 Å². The monoisotopic (exact) mass is 271 g/mol. The third kappa shape index (κ3) is 2.02. The van der Waals surface area contributed by atoms with Gasteiger partial charge in [-0.25, -0.2) is 0 Å². The van der Waals surface area contributed by atoms with Crippen molar-refractivity contribution in [2.24, 2.45) is 0 Å². The van der Waals surface area contributed by atoms with Gasteiger partial charge < -0.3 is 5.32 Å². The van der Waals surface area contributed by atoms with Gasteiger partial charge in [0.15, 0.2) is 0 Å². The fourth-order valence-corrected chi connectivity index (χ4v) is 2.09. The van der Waals surface area contributed by atoms with E-state index in [0.717, 1.165) is 3.79 Å². The summed E-state index contributed by atoms with van der Waals surface area (Å²) in [5.41, 5.74) is 1.31. The van der Waals surface area contributed by atoms with Gasteiger partial charge in [-0.15, -0.1) is 11.3 Å².